The van der Waals surface area contributed by atoms with Crippen molar-refractivity contribution in [2.24, 2.45) is 11.8 Å². The summed E-state index contributed by atoms with van der Waals surface area (Å²) in [5, 5.41) is 11.8. The van der Waals surface area contributed by atoms with E-state index in [0.29, 0.717) is 37.9 Å². The molecule has 3 aliphatic rings. The number of halogens is 5. The van der Waals surface area contributed by atoms with Crippen LogP contribution >= 0.6 is 0 Å². The predicted octanol–water partition coefficient (Wildman–Crippen LogP) is 5.42. The van der Waals surface area contributed by atoms with Crippen molar-refractivity contribution in [3.63, 3.8) is 0 Å². The normalized spacial score (nSPS) is 25.2. The second kappa shape index (κ2) is 12.2. The summed E-state index contributed by atoms with van der Waals surface area (Å²) < 4.78 is 78.8. The van der Waals surface area contributed by atoms with E-state index in [1.54, 1.807) is 0 Å². The third-order valence-corrected chi connectivity index (χ3v) is 8.46. The average molecular weight is 597 g/mol. The van der Waals surface area contributed by atoms with Crippen LogP contribution in [0, 0.1) is 23.5 Å². The molecule has 2 aromatic rings. The van der Waals surface area contributed by atoms with Gasteiger partial charge in [0.2, 0.25) is 0 Å². The van der Waals surface area contributed by atoms with Gasteiger partial charge in [0, 0.05) is 25.0 Å². The minimum absolute atomic E-state index is 0.0247. The van der Waals surface area contributed by atoms with E-state index in [4.69, 9.17) is 14.6 Å². The number of ether oxygens (including phenoxy) is 2. The minimum Gasteiger partial charge on any atom is -0.493 e. The fourth-order valence-electron chi connectivity index (χ4n) is 6.09. The van der Waals surface area contributed by atoms with E-state index in [1.165, 1.54) is 12.1 Å². The lowest BCUT2D eigenvalue weighted by Crippen LogP contribution is -2.57. The van der Waals surface area contributed by atoms with Crippen LogP contribution in [0.15, 0.2) is 36.4 Å². The summed E-state index contributed by atoms with van der Waals surface area (Å²) in [6.07, 6.45) is -0.0234. The van der Waals surface area contributed by atoms with Gasteiger partial charge < -0.3 is 19.9 Å². The van der Waals surface area contributed by atoms with E-state index in [2.05, 4.69) is 10.2 Å². The first kappa shape index (κ1) is 30.2. The number of carboxylic acids is 1. The second-order valence-electron chi connectivity index (χ2n) is 11.5. The molecule has 2 saturated heterocycles. The zero-order valence-electron chi connectivity index (χ0n) is 22.9. The number of nitrogens with zero attached hydrogens (tertiary/aromatic N) is 1. The Hall–Kier alpha value is -3.25. The Morgan fingerprint density at radius 2 is 1.88 bits per heavy atom. The van der Waals surface area contributed by atoms with Gasteiger partial charge in [0.15, 0.2) is 0 Å². The number of alkyl halides is 3. The van der Waals surface area contributed by atoms with Gasteiger partial charge in [0.1, 0.15) is 23.0 Å². The zero-order chi connectivity index (χ0) is 30.1. The summed E-state index contributed by atoms with van der Waals surface area (Å²) in [5.74, 6) is -3.09. The summed E-state index contributed by atoms with van der Waals surface area (Å²) in [5.41, 5.74) is -2.58. The largest absolute Gasteiger partial charge is 0.493 e. The molecule has 7 nitrogen and oxygen atoms in total. The number of nitrogens with one attached hydrogen (secondary N) is 1. The van der Waals surface area contributed by atoms with E-state index in [-0.39, 0.29) is 35.9 Å². The lowest BCUT2D eigenvalue weighted by Gasteiger charge is -2.45. The number of aromatic carboxylic acids is 1. The van der Waals surface area contributed by atoms with Gasteiger partial charge in [-0.3, -0.25) is 9.69 Å². The van der Waals surface area contributed by atoms with E-state index >= 15 is 0 Å². The molecular weight excluding hydrogens is 563 g/mol. The van der Waals surface area contributed by atoms with Crippen molar-refractivity contribution in [2.75, 3.05) is 26.3 Å². The van der Waals surface area contributed by atoms with Gasteiger partial charge in [-0.15, -0.1) is 0 Å². The van der Waals surface area contributed by atoms with E-state index in [0.717, 1.165) is 57.0 Å². The lowest BCUT2D eigenvalue weighted by atomic mass is 9.85. The Morgan fingerprint density at radius 3 is 2.55 bits per heavy atom. The molecule has 0 spiro atoms. The van der Waals surface area contributed by atoms with Gasteiger partial charge in [-0.1, -0.05) is 0 Å². The van der Waals surface area contributed by atoms with Crippen molar-refractivity contribution < 1.29 is 46.1 Å². The summed E-state index contributed by atoms with van der Waals surface area (Å²) in [4.78, 5) is 26.9. The molecular formula is C30H33F5N2O5. The number of amides is 1. The fraction of sp³-hybridized carbons (Fsp3) is 0.533. The van der Waals surface area contributed by atoms with Crippen LogP contribution in [-0.4, -0.2) is 59.8 Å². The molecule has 1 aliphatic carbocycles. The molecule has 12 heteroatoms. The van der Waals surface area contributed by atoms with Gasteiger partial charge in [-0.05, 0) is 92.9 Å². The molecule has 1 amide bonds. The zero-order valence-corrected chi connectivity index (χ0v) is 22.9. The van der Waals surface area contributed by atoms with Gasteiger partial charge in [-0.25, -0.2) is 13.6 Å². The molecule has 1 saturated carbocycles. The lowest BCUT2D eigenvalue weighted by molar-refractivity contribution is -0.166. The van der Waals surface area contributed by atoms with Crippen LogP contribution in [0.25, 0.3) is 0 Å². The van der Waals surface area contributed by atoms with Gasteiger partial charge >= 0.3 is 12.1 Å². The van der Waals surface area contributed by atoms with Crippen LogP contribution in [-0.2, 0) is 22.3 Å². The van der Waals surface area contributed by atoms with Crippen molar-refractivity contribution in [2.45, 2.75) is 62.9 Å². The minimum atomic E-state index is -4.69. The van der Waals surface area contributed by atoms with Crippen LogP contribution in [0.1, 0.15) is 60.0 Å². The molecule has 5 rings (SSSR count). The first-order valence-electron chi connectivity index (χ1n) is 14.1. The Morgan fingerprint density at radius 1 is 1.10 bits per heavy atom. The first-order valence-corrected chi connectivity index (χ1v) is 14.1. The molecule has 0 radical (unpaired) electrons. The highest BCUT2D eigenvalue weighted by Crippen LogP contribution is 2.47. The number of carbonyl (C=O) groups is 2. The maximum absolute atomic E-state index is 13.8. The monoisotopic (exact) mass is 596 g/mol. The number of carbonyl (C=O) groups excluding carboxylic acids is 1. The predicted molar refractivity (Wildman–Crippen MR) is 141 cm³/mol. The molecule has 2 heterocycles. The highest BCUT2D eigenvalue weighted by atomic mass is 19.4. The number of benzene rings is 2. The molecule has 0 bridgehead atoms. The number of carboxylic acid groups (broad SMARTS) is 1. The highest BCUT2D eigenvalue weighted by molar-refractivity contribution is 5.88. The van der Waals surface area contributed by atoms with Crippen LogP contribution < -0.4 is 10.1 Å². The van der Waals surface area contributed by atoms with Crippen molar-refractivity contribution in [1.82, 2.24) is 10.2 Å². The molecule has 2 unspecified atom stereocenters. The van der Waals surface area contributed by atoms with Crippen molar-refractivity contribution >= 4 is 11.9 Å². The number of rotatable bonds is 9. The topological polar surface area (TPSA) is 88.1 Å². The molecule has 0 aromatic heterocycles. The van der Waals surface area contributed by atoms with Crippen molar-refractivity contribution in [3.8, 4) is 5.75 Å². The molecule has 42 heavy (non-hydrogen) atoms. The third-order valence-electron chi connectivity index (χ3n) is 8.46. The van der Waals surface area contributed by atoms with E-state index < -0.39 is 40.5 Å². The van der Waals surface area contributed by atoms with Crippen LogP contribution in [0.4, 0.5) is 22.0 Å². The maximum Gasteiger partial charge on any atom is 0.416 e. The Balaban J connectivity index is 1.15. The number of hydrogen-bond acceptors (Lipinski definition) is 5. The van der Waals surface area contributed by atoms with Gasteiger partial charge in [0.25, 0.3) is 5.91 Å². The van der Waals surface area contributed by atoms with Crippen LogP contribution in [0.3, 0.4) is 0 Å². The van der Waals surface area contributed by atoms with Crippen LogP contribution in [0.5, 0.6) is 5.75 Å². The number of likely N-dealkylation sites (tertiary alicyclic amines) is 1. The quantitative estimate of drug-likeness (QED) is 0.376. The highest BCUT2D eigenvalue weighted by Gasteiger charge is 2.54. The summed E-state index contributed by atoms with van der Waals surface area (Å²) >= 11 is 0. The summed E-state index contributed by atoms with van der Waals surface area (Å²) in [6.45, 7) is 2.02. The molecule has 2 aliphatic heterocycles. The fourth-order valence-corrected chi connectivity index (χ4v) is 6.09. The summed E-state index contributed by atoms with van der Waals surface area (Å²) in [7, 11) is 0. The van der Waals surface area contributed by atoms with E-state index in [1.807, 2.05) is 0 Å². The van der Waals surface area contributed by atoms with Crippen molar-refractivity contribution in [1.29, 1.82) is 0 Å². The molecule has 2 aromatic carbocycles. The Labute approximate surface area is 240 Å². The molecule has 3 atom stereocenters. The smallest absolute Gasteiger partial charge is 0.416 e. The molecule has 2 N–H and O–H groups in total. The van der Waals surface area contributed by atoms with E-state index in [9.17, 15) is 31.5 Å². The first-order chi connectivity index (χ1) is 19.9. The SMILES string of the molecule is O=C(O)c1cc(OCC2CCCN(C3CC[C@@](C(=O)NCc4cc(F)cc(C(F)(F)F)c4)(C4CC4)OC3)C2)ccc1F. The third kappa shape index (κ3) is 6.86. The molecule has 228 valence electrons. The number of piperidine rings is 1. The maximum atomic E-state index is 13.8. The Bertz CT molecular complexity index is 1310. The Kier molecular flexibility index (Phi) is 8.75. The number of hydrogen-bond donors (Lipinski definition) is 2. The van der Waals surface area contributed by atoms with Gasteiger partial charge in [0.05, 0.1) is 24.3 Å². The second-order valence-corrected chi connectivity index (χ2v) is 11.5. The van der Waals surface area contributed by atoms with Gasteiger partial charge in [-0.2, -0.15) is 13.2 Å². The van der Waals surface area contributed by atoms with Crippen molar-refractivity contribution in [3.05, 3.63) is 64.7 Å². The van der Waals surface area contributed by atoms with Crippen LogP contribution in [0.2, 0.25) is 0 Å². The molecule has 3 fully saturated rings. The standard InChI is InChI=1S/C30H33F5N2O5/c31-22-11-19(10-21(12-22)30(33,34)35)14-36-28(40)29(20-3-4-20)8-7-23(17-42-29)37-9-1-2-18(15-37)16-41-24-5-6-26(32)25(13-24)27(38)39/h5-6,10-13,18,20,23H,1-4,7-9,14-17H2,(H,36,40)(H,38,39)/t18?,23?,29-/m0/s1. The summed E-state index contributed by atoms with van der Waals surface area (Å²) in [6, 6.07) is 5.98. The average Bonchev–Trinajstić information content (AvgIpc) is 3.81.